The smallest absolute Gasteiger partial charge is 0.186 e. The Balaban J connectivity index is 1.38. The number of allylic oxidation sites excluding steroid dienone is 1. The van der Waals surface area contributed by atoms with E-state index in [1.54, 1.807) is 12.1 Å². The molecule has 2 unspecified atom stereocenters. The topological polar surface area (TPSA) is 36.0 Å². The molecule has 6 rings (SSSR count). The summed E-state index contributed by atoms with van der Waals surface area (Å²) < 4.78 is 47.6. The van der Waals surface area contributed by atoms with Gasteiger partial charge in [0.05, 0.1) is 11.7 Å². The maximum Gasteiger partial charge on any atom is 0.186 e. The van der Waals surface area contributed by atoms with Crippen LogP contribution in [-0.4, -0.2) is 42.6 Å². The molecule has 204 valence electrons. The molecule has 0 spiro atoms. The van der Waals surface area contributed by atoms with Crippen molar-refractivity contribution in [2.45, 2.75) is 44.5 Å². The average molecular weight is 554 g/mol. The number of aliphatic hydroxyl groups excluding tert-OH is 1. The third kappa shape index (κ3) is 5.53. The van der Waals surface area contributed by atoms with E-state index in [4.69, 9.17) is 16.3 Å². The summed E-state index contributed by atoms with van der Waals surface area (Å²) in [5.74, 6) is -0.272. The number of likely N-dealkylation sites (tertiary alicyclic amines) is 1. The van der Waals surface area contributed by atoms with Gasteiger partial charge in [-0.15, -0.1) is 0 Å². The number of nitrogens with zero attached hydrogens (tertiary/aromatic N) is 1. The van der Waals surface area contributed by atoms with Gasteiger partial charge in [0.15, 0.2) is 6.29 Å². The molecule has 3 aliphatic rings. The minimum Gasteiger partial charge on any atom is -0.366 e. The van der Waals surface area contributed by atoms with Crippen LogP contribution in [0.2, 0.25) is 5.02 Å². The first kappa shape index (κ1) is 26.6. The second-order valence-electron chi connectivity index (χ2n) is 10.9. The first-order chi connectivity index (χ1) is 18.9. The van der Waals surface area contributed by atoms with Crippen molar-refractivity contribution in [3.8, 4) is 0 Å². The zero-order chi connectivity index (χ0) is 27.1. The van der Waals surface area contributed by atoms with Gasteiger partial charge in [0.2, 0.25) is 0 Å². The quantitative estimate of drug-likeness (QED) is 0.301. The molecular formula is C32H31ClF3NO2. The summed E-state index contributed by atoms with van der Waals surface area (Å²) in [5.41, 5.74) is 6.68. The van der Waals surface area contributed by atoms with Crippen molar-refractivity contribution in [1.82, 2.24) is 4.90 Å². The Kier molecular flexibility index (Phi) is 7.56. The van der Waals surface area contributed by atoms with Crippen LogP contribution in [0.5, 0.6) is 0 Å². The monoisotopic (exact) mass is 553 g/mol. The van der Waals surface area contributed by atoms with E-state index in [9.17, 15) is 13.9 Å². The molecule has 0 aromatic heterocycles. The van der Waals surface area contributed by atoms with Crippen LogP contribution >= 0.6 is 11.6 Å². The van der Waals surface area contributed by atoms with Crippen LogP contribution in [0.4, 0.5) is 13.2 Å². The highest BCUT2D eigenvalue weighted by molar-refractivity contribution is 6.32. The number of epoxide rings is 1. The van der Waals surface area contributed by atoms with Gasteiger partial charge in [0.25, 0.3) is 0 Å². The number of benzene rings is 3. The highest BCUT2D eigenvalue weighted by Crippen LogP contribution is 2.45. The number of halogens is 4. The van der Waals surface area contributed by atoms with Gasteiger partial charge in [-0.2, -0.15) is 0 Å². The summed E-state index contributed by atoms with van der Waals surface area (Å²) in [4.78, 5) is 2.24. The molecule has 2 fully saturated rings. The molecule has 0 saturated carbocycles. The summed E-state index contributed by atoms with van der Waals surface area (Å²) in [6.07, 6.45) is 2.48. The van der Waals surface area contributed by atoms with E-state index in [-0.39, 0.29) is 18.6 Å². The van der Waals surface area contributed by atoms with Crippen LogP contribution in [0.25, 0.3) is 11.1 Å². The van der Waals surface area contributed by atoms with Gasteiger partial charge in [0.1, 0.15) is 17.7 Å². The van der Waals surface area contributed by atoms with Gasteiger partial charge >= 0.3 is 0 Å². The maximum absolute atomic E-state index is 16.0. The lowest BCUT2D eigenvalue weighted by atomic mass is 9.85. The highest BCUT2D eigenvalue weighted by atomic mass is 35.5. The van der Waals surface area contributed by atoms with Crippen LogP contribution in [0.1, 0.15) is 58.7 Å². The summed E-state index contributed by atoms with van der Waals surface area (Å²) >= 11 is 6.54. The fourth-order valence-electron chi connectivity index (χ4n) is 6.14. The van der Waals surface area contributed by atoms with Crippen molar-refractivity contribution in [3.05, 3.63) is 105 Å². The molecule has 3 aromatic rings. The van der Waals surface area contributed by atoms with Crippen LogP contribution < -0.4 is 0 Å². The molecule has 3 aromatic carbocycles. The van der Waals surface area contributed by atoms with E-state index in [2.05, 4.69) is 4.90 Å². The number of ether oxygens (including phenoxy) is 1. The molecule has 39 heavy (non-hydrogen) atoms. The SMILES string of the molecule is OC1OC1c1ccc2c(c1)CCCC(c1ccc(F)cc1Cl)=C2c1ccc(CC2CN(CCCF)C2)cc1F. The number of rotatable bonds is 8. The molecular weight excluding hydrogens is 523 g/mol. The van der Waals surface area contributed by atoms with Crippen LogP contribution in [0.3, 0.4) is 0 Å². The fourth-order valence-corrected chi connectivity index (χ4v) is 6.42. The second kappa shape index (κ2) is 11.1. The third-order valence-electron chi connectivity index (χ3n) is 8.09. The molecule has 2 aliphatic heterocycles. The Morgan fingerprint density at radius 1 is 0.949 bits per heavy atom. The third-order valence-corrected chi connectivity index (χ3v) is 8.41. The molecule has 2 heterocycles. The Morgan fingerprint density at radius 2 is 1.72 bits per heavy atom. The lowest BCUT2D eigenvalue weighted by Gasteiger charge is -2.39. The van der Waals surface area contributed by atoms with E-state index in [1.807, 2.05) is 30.3 Å². The fraction of sp³-hybridized carbons (Fsp3) is 0.375. The van der Waals surface area contributed by atoms with Crippen molar-refractivity contribution in [2.24, 2.45) is 5.92 Å². The number of aryl methyl sites for hydroxylation is 1. The molecule has 0 amide bonds. The predicted molar refractivity (Wildman–Crippen MR) is 147 cm³/mol. The zero-order valence-electron chi connectivity index (χ0n) is 21.6. The van der Waals surface area contributed by atoms with Gasteiger partial charge in [-0.1, -0.05) is 48.0 Å². The number of hydrogen-bond donors (Lipinski definition) is 1. The molecule has 1 aliphatic carbocycles. The van der Waals surface area contributed by atoms with Gasteiger partial charge in [-0.25, -0.2) is 8.78 Å². The van der Waals surface area contributed by atoms with Crippen molar-refractivity contribution < 1.29 is 23.0 Å². The summed E-state index contributed by atoms with van der Waals surface area (Å²) in [7, 11) is 0. The van der Waals surface area contributed by atoms with E-state index < -0.39 is 12.1 Å². The van der Waals surface area contributed by atoms with Crippen molar-refractivity contribution in [3.63, 3.8) is 0 Å². The number of hydrogen-bond acceptors (Lipinski definition) is 3. The van der Waals surface area contributed by atoms with Gasteiger partial charge in [-0.05, 0) is 95.2 Å². The highest BCUT2D eigenvalue weighted by Gasteiger charge is 2.39. The van der Waals surface area contributed by atoms with Gasteiger partial charge in [-0.3, -0.25) is 4.39 Å². The van der Waals surface area contributed by atoms with E-state index >= 15 is 4.39 Å². The number of aliphatic hydroxyl groups is 1. The first-order valence-electron chi connectivity index (χ1n) is 13.6. The number of alkyl halides is 1. The minimum absolute atomic E-state index is 0.296. The molecule has 2 atom stereocenters. The van der Waals surface area contributed by atoms with Crippen LogP contribution in [0.15, 0.2) is 54.6 Å². The van der Waals surface area contributed by atoms with Crippen molar-refractivity contribution >= 4 is 22.7 Å². The Morgan fingerprint density at radius 3 is 2.44 bits per heavy atom. The average Bonchev–Trinajstić information content (AvgIpc) is 3.65. The predicted octanol–water partition coefficient (Wildman–Crippen LogP) is 7.14. The second-order valence-corrected chi connectivity index (χ2v) is 11.3. The van der Waals surface area contributed by atoms with Crippen molar-refractivity contribution in [2.75, 3.05) is 26.3 Å². The summed E-state index contributed by atoms with van der Waals surface area (Å²) in [6, 6.07) is 15.8. The molecule has 0 radical (unpaired) electrons. The largest absolute Gasteiger partial charge is 0.366 e. The Labute approximate surface area is 231 Å². The van der Waals surface area contributed by atoms with Crippen LogP contribution in [0, 0.1) is 17.6 Å². The number of fused-ring (bicyclic) bond motifs is 1. The standard InChI is InChI=1S/C32H31ClF3NO2/c33-28-16-23(35)7-10-25(28)26-4-1-3-21-15-22(31-32(38)39-31)6-9-24(21)30(26)27-8-5-19(14-29(27)36)13-20-17-37(18-20)12-2-11-34/h5-10,14-16,20,31-32,38H,1-4,11-13,17-18H2. The summed E-state index contributed by atoms with van der Waals surface area (Å²) in [6.45, 7) is 2.30. The Hall–Kier alpha value is -2.64. The lowest BCUT2D eigenvalue weighted by Crippen LogP contribution is -2.47. The first-order valence-corrected chi connectivity index (χ1v) is 14.0. The molecule has 2 saturated heterocycles. The molecule has 3 nitrogen and oxygen atoms in total. The summed E-state index contributed by atoms with van der Waals surface area (Å²) in [5, 5.41) is 10.1. The Bertz CT molecular complexity index is 1420. The van der Waals surface area contributed by atoms with E-state index in [0.29, 0.717) is 34.9 Å². The molecule has 0 bridgehead atoms. The minimum atomic E-state index is -0.783. The zero-order valence-corrected chi connectivity index (χ0v) is 22.4. The van der Waals surface area contributed by atoms with Crippen LogP contribution in [-0.2, 0) is 17.6 Å². The maximum atomic E-state index is 16.0. The molecule has 1 N–H and O–H groups in total. The lowest BCUT2D eigenvalue weighted by molar-refractivity contribution is 0.0968. The normalized spacial score (nSPS) is 21.5. The van der Waals surface area contributed by atoms with E-state index in [1.165, 1.54) is 12.1 Å². The van der Waals surface area contributed by atoms with Crippen molar-refractivity contribution in [1.29, 1.82) is 0 Å². The van der Waals surface area contributed by atoms with Gasteiger partial charge in [0, 0.05) is 25.2 Å². The van der Waals surface area contributed by atoms with E-state index in [0.717, 1.165) is 72.3 Å². The molecule has 7 heteroatoms. The van der Waals surface area contributed by atoms with Gasteiger partial charge < -0.3 is 14.7 Å².